The number of anilines is 1. The summed E-state index contributed by atoms with van der Waals surface area (Å²) in [6.07, 6.45) is 1.96. The zero-order chi connectivity index (χ0) is 13.1. The van der Waals surface area contributed by atoms with E-state index >= 15 is 0 Å². The zero-order valence-corrected chi connectivity index (χ0v) is 10.9. The molecule has 2 N–H and O–H groups in total. The normalized spacial score (nSPS) is 23.7. The molecule has 1 aliphatic rings. The van der Waals surface area contributed by atoms with E-state index in [-0.39, 0.29) is 17.7 Å². The highest BCUT2D eigenvalue weighted by molar-refractivity contribution is 6.31. The number of rotatable bonds is 3. The van der Waals surface area contributed by atoms with Crippen LogP contribution in [0.2, 0.25) is 5.02 Å². The van der Waals surface area contributed by atoms with Crippen molar-refractivity contribution in [1.82, 2.24) is 0 Å². The highest BCUT2D eigenvalue weighted by Crippen LogP contribution is 2.24. The van der Waals surface area contributed by atoms with Crippen molar-refractivity contribution < 1.29 is 14.6 Å². The lowest BCUT2D eigenvalue weighted by Gasteiger charge is -2.29. The maximum Gasteiger partial charge on any atom is 0.337 e. The van der Waals surface area contributed by atoms with E-state index in [1.807, 2.05) is 6.92 Å². The lowest BCUT2D eigenvalue weighted by Crippen LogP contribution is -2.32. The Kier molecular flexibility index (Phi) is 4.09. The van der Waals surface area contributed by atoms with Gasteiger partial charge in [-0.2, -0.15) is 0 Å². The molecule has 5 heteroatoms. The van der Waals surface area contributed by atoms with Crippen molar-refractivity contribution in [3.63, 3.8) is 0 Å². The lowest BCUT2D eigenvalue weighted by atomic mass is 10.0. The van der Waals surface area contributed by atoms with E-state index in [0.29, 0.717) is 17.3 Å². The van der Waals surface area contributed by atoms with Crippen molar-refractivity contribution in [3.8, 4) is 0 Å². The van der Waals surface area contributed by atoms with Crippen LogP contribution in [-0.2, 0) is 4.74 Å². The second-order valence-corrected chi connectivity index (χ2v) is 4.98. The molecule has 2 rings (SSSR count). The number of nitrogens with one attached hydrogen (secondary N) is 1. The van der Waals surface area contributed by atoms with Crippen LogP contribution in [0.4, 0.5) is 5.69 Å². The van der Waals surface area contributed by atoms with Gasteiger partial charge < -0.3 is 15.2 Å². The van der Waals surface area contributed by atoms with Crippen molar-refractivity contribution in [2.45, 2.75) is 31.9 Å². The number of hydrogen-bond donors (Lipinski definition) is 2. The number of carboxylic acids is 1. The van der Waals surface area contributed by atoms with Crippen LogP contribution in [0, 0.1) is 0 Å². The van der Waals surface area contributed by atoms with Crippen molar-refractivity contribution >= 4 is 23.3 Å². The number of carbonyl (C=O) groups is 1. The molecule has 0 aromatic heterocycles. The fourth-order valence-corrected chi connectivity index (χ4v) is 2.34. The molecule has 0 amide bonds. The Labute approximate surface area is 111 Å². The van der Waals surface area contributed by atoms with E-state index in [1.54, 1.807) is 12.1 Å². The molecule has 2 unspecified atom stereocenters. The fourth-order valence-electron chi connectivity index (χ4n) is 2.17. The van der Waals surface area contributed by atoms with Gasteiger partial charge in [0.1, 0.15) is 0 Å². The smallest absolute Gasteiger partial charge is 0.337 e. The molecule has 4 nitrogen and oxygen atoms in total. The summed E-state index contributed by atoms with van der Waals surface area (Å²) < 4.78 is 5.47. The molecule has 0 bridgehead atoms. The average Bonchev–Trinajstić information content (AvgIpc) is 2.31. The topological polar surface area (TPSA) is 58.6 Å². The zero-order valence-electron chi connectivity index (χ0n) is 10.1. The van der Waals surface area contributed by atoms with Crippen LogP contribution < -0.4 is 5.32 Å². The Morgan fingerprint density at radius 2 is 2.33 bits per heavy atom. The molecule has 0 spiro atoms. The molecular formula is C13H16ClNO3. The van der Waals surface area contributed by atoms with Crippen molar-refractivity contribution in [2.75, 3.05) is 11.9 Å². The van der Waals surface area contributed by atoms with Crippen LogP contribution in [0.3, 0.4) is 0 Å². The lowest BCUT2D eigenvalue weighted by molar-refractivity contribution is 0.0232. The molecular weight excluding hydrogens is 254 g/mol. The van der Waals surface area contributed by atoms with Gasteiger partial charge in [-0.05, 0) is 38.0 Å². The van der Waals surface area contributed by atoms with Crippen LogP contribution in [0.5, 0.6) is 0 Å². The van der Waals surface area contributed by atoms with Crippen molar-refractivity contribution in [1.29, 1.82) is 0 Å². The quantitative estimate of drug-likeness (QED) is 0.886. The first-order valence-corrected chi connectivity index (χ1v) is 6.35. The fraction of sp³-hybridized carbons (Fsp3) is 0.462. The largest absolute Gasteiger partial charge is 0.478 e. The number of benzene rings is 1. The molecule has 1 aliphatic heterocycles. The Hall–Kier alpha value is -1.26. The maximum absolute atomic E-state index is 11.2. The molecule has 1 aromatic carbocycles. The molecule has 1 fully saturated rings. The summed E-state index contributed by atoms with van der Waals surface area (Å²) >= 11 is 5.82. The molecule has 1 aromatic rings. The van der Waals surface area contributed by atoms with E-state index in [9.17, 15) is 4.79 Å². The standard InChI is InChI=1S/C13H16ClNO3/c1-8-6-10(4-5-18-8)15-12-3-2-9(14)7-11(12)13(16)17/h2-3,7-8,10,15H,4-6H2,1H3,(H,16,17). The second-order valence-electron chi connectivity index (χ2n) is 4.54. The summed E-state index contributed by atoms with van der Waals surface area (Å²) in [6.45, 7) is 2.72. The Morgan fingerprint density at radius 3 is 3.00 bits per heavy atom. The van der Waals surface area contributed by atoms with E-state index < -0.39 is 5.97 Å². The summed E-state index contributed by atoms with van der Waals surface area (Å²) in [4.78, 5) is 11.2. The van der Waals surface area contributed by atoms with Gasteiger partial charge in [0, 0.05) is 23.4 Å². The highest BCUT2D eigenvalue weighted by atomic mass is 35.5. The Bertz CT molecular complexity index is 450. The predicted molar refractivity (Wildman–Crippen MR) is 70.5 cm³/mol. The summed E-state index contributed by atoms with van der Waals surface area (Å²) in [5, 5.41) is 12.8. The van der Waals surface area contributed by atoms with Crippen LogP contribution in [0.15, 0.2) is 18.2 Å². The van der Waals surface area contributed by atoms with E-state index in [1.165, 1.54) is 6.07 Å². The first-order chi connectivity index (χ1) is 8.56. The first-order valence-electron chi connectivity index (χ1n) is 5.97. The van der Waals surface area contributed by atoms with Crippen molar-refractivity contribution in [3.05, 3.63) is 28.8 Å². The van der Waals surface area contributed by atoms with Gasteiger partial charge in [0.2, 0.25) is 0 Å². The monoisotopic (exact) mass is 269 g/mol. The molecule has 18 heavy (non-hydrogen) atoms. The maximum atomic E-state index is 11.2. The summed E-state index contributed by atoms with van der Waals surface area (Å²) in [5.74, 6) is -0.972. The van der Waals surface area contributed by atoms with Gasteiger partial charge in [0.15, 0.2) is 0 Å². The van der Waals surface area contributed by atoms with Crippen LogP contribution in [-0.4, -0.2) is 29.8 Å². The molecule has 0 aliphatic carbocycles. The summed E-state index contributed by atoms with van der Waals surface area (Å²) in [7, 11) is 0. The molecule has 0 saturated carbocycles. The second kappa shape index (κ2) is 5.59. The molecule has 2 atom stereocenters. The third-order valence-electron chi connectivity index (χ3n) is 3.06. The molecule has 0 radical (unpaired) electrons. The first kappa shape index (κ1) is 13.2. The van der Waals surface area contributed by atoms with Crippen LogP contribution >= 0.6 is 11.6 Å². The summed E-state index contributed by atoms with van der Waals surface area (Å²) in [6, 6.07) is 5.12. The number of carboxylic acid groups (broad SMARTS) is 1. The van der Waals surface area contributed by atoms with Gasteiger partial charge in [-0.15, -0.1) is 0 Å². The minimum absolute atomic E-state index is 0.205. The highest BCUT2D eigenvalue weighted by Gasteiger charge is 2.21. The third kappa shape index (κ3) is 3.15. The van der Waals surface area contributed by atoms with Crippen LogP contribution in [0.25, 0.3) is 0 Å². The van der Waals surface area contributed by atoms with Gasteiger partial charge >= 0.3 is 5.97 Å². The SMILES string of the molecule is CC1CC(Nc2ccc(Cl)cc2C(=O)O)CCO1. The molecule has 1 saturated heterocycles. The Morgan fingerprint density at radius 1 is 1.56 bits per heavy atom. The average molecular weight is 270 g/mol. The van der Waals surface area contributed by atoms with Crippen molar-refractivity contribution in [2.24, 2.45) is 0 Å². The number of halogens is 1. The number of ether oxygens (including phenoxy) is 1. The Balaban J connectivity index is 2.15. The molecule has 98 valence electrons. The van der Waals surface area contributed by atoms with Gasteiger partial charge in [0.25, 0.3) is 0 Å². The van der Waals surface area contributed by atoms with Crippen LogP contribution in [0.1, 0.15) is 30.1 Å². The van der Waals surface area contributed by atoms with Gasteiger partial charge in [-0.1, -0.05) is 11.6 Å². The minimum Gasteiger partial charge on any atom is -0.478 e. The third-order valence-corrected chi connectivity index (χ3v) is 3.29. The van der Waals surface area contributed by atoms with E-state index in [2.05, 4.69) is 5.32 Å². The number of aromatic carboxylic acids is 1. The number of hydrogen-bond acceptors (Lipinski definition) is 3. The van der Waals surface area contributed by atoms with Gasteiger partial charge in [-0.3, -0.25) is 0 Å². The summed E-state index contributed by atoms with van der Waals surface area (Å²) in [5.41, 5.74) is 0.827. The molecule has 1 heterocycles. The predicted octanol–water partition coefficient (Wildman–Crippen LogP) is 3.02. The van der Waals surface area contributed by atoms with Gasteiger partial charge in [0.05, 0.1) is 11.7 Å². The van der Waals surface area contributed by atoms with Gasteiger partial charge in [-0.25, -0.2) is 4.79 Å². The minimum atomic E-state index is -0.972. The van der Waals surface area contributed by atoms with E-state index in [0.717, 1.165) is 12.8 Å². The van der Waals surface area contributed by atoms with E-state index in [4.69, 9.17) is 21.4 Å².